The minimum atomic E-state index is -0.636. The SMILES string of the molecule is COC(=O)C(N)Cc1cc(C)n(-c2cccnc2)c1C. The number of nitrogens with two attached hydrogens (primary N) is 1. The molecule has 0 fully saturated rings. The van der Waals surface area contributed by atoms with Crippen LogP contribution in [0.3, 0.4) is 0 Å². The quantitative estimate of drug-likeness (QED) is 0.858. The molecule has 5 heteroatoms. The minimum absolute atomic E-state index is 0.392. The predicted octanol–water partition coefficient (Wildman–Crippen LogP) is 1.53. The molecule has 0 aliphatic heterocycles. The highest BCUT2D eigenvalue weighted by atomic mass is 16.5. The van der Waals surface area contributed by atoms with Crippen molar-refractivity contribution in [3.63, 3.8) is 0 Å². The number of pyridine rings is 1. The molecular formula is C15H19N3O2. The van der Waals surface area contributed by atoms with Crippen LogP contribution < -0.4 is 5.73 Å². The summed E-state index contributed by atoms with van der Waals surface area (Å²) in [5, 5.41) is 0. The lowest BCUT2D eigenvalue weighted by Gasteiger charge is -2.11. The zero-order valence-corrected chi connectivity index (χ0v) is 12.0. The first-order valence-electron chi connectivity index (χ1n) is 6.46. The van der Waals surface area contributed by atoms with E-state index in [0.717, 1.165) is 22.6 Å². The number of aromatic nitrogens is 2. The summed E-state index contributed by atoms with van der Waals surface area (Å²) < 4.78 is 6.77. The van der Waals surface area contributed by atoms with Crippen molar-refractivity contribution in [1.82, 2.24) is 9.55 Å². The Hall–Kier alpha value is -2.14. The van der Waals surface area contributed by atoms with Gasteiger partial charge in [0, 0.05) is 24.0 Å². The zero-order chi connectivity index (χ0) is 14.7. The molecule has 0 amide bonds. The third-order valence-corrected chi connectivity index (χ3v) is 3.38. The van der Waals surface area contributed by atoms with E-state index in [9.17, 15) is 4.79 Å². The van der Waals surface area contributed by atoms with Gasteiger partial charge in [-0.05, 0) is 37.6 Å². The van der Waals surface area contributed by atoms with Gasteiger partial charge >= 0.3 is 5.97 Å². The van der Waals surface area contributed by atoms with Gasteiger partial charge in [-0.3, -0.25) is 9.78 Å². The third-order valence-electron chi connectivity index (χ3n) is 3.38. The maximum absolute atomic E-state index is 11.4. The molecule has 1 unspecified atom stereocenters. The van der Waals surface area contributed by atoms with Gasteiger partial charge in [0.2, 0.25) is 0 Å². The van der Waals surface area contributed by atoms with Gasteiger partial charge in [-0.1, -0.05) is 0 Å². The van der Waals surface area contributed by atoms with Gasteiger partial charge in [0.25, 0.3) is 0 Å². The Labute approximate surface area is 118 Å². The molecule has 5 nitrogen and oxygen atoms in total. The fourth-order valence-corrected chi connectivity index (χ4v) is 2.39. The Kier molecular flexibility index (Phi) is 4.20. The minimum Gasteiger partial charge on any atom is -0.468 e. The van der Waals surface area contributed by atoms with E-state index < -0.39 is 12.0 Å². The van der Waals surface area contributed by atoms with Crippen molar-refractivity contribution in [1.29, 1.82) is 0 Å². The summed E-state index contributed by atoms with van der Waals surface area (Å²) in [6.07, 6.45) is 4.02. The van der Waals surface area contributed by atoms with Gasteiger partial charge in [0.05, 0.1) is 19.0 Å². The summed E-state index contributed by atoms with van der Waals surface area (Å²) in [7, 11) is 1.35. The standard InChI is InChI=1S/C15H19N3O2/c1-10-7-12(8-14(16)15(19)20-3)11(2)18(10)13-5-4-6-17-9-13/h4-7,9,14H,8,16H2,1-3H3. The van der Waals surface area contributed by atoms with E-state index in [-0.39, 0.29) is 0 Å². The van der Waals surface area contributed by atoms with Gasteiger partial charge in [-0.25, -0.2) is 0 Å². The molecular weight excluding hydrogens is 254 g/mol. The van der Waals surface area contributed by atoms with Crippen molar-refractivity contribution in [3.05, 3.63) is 47.5 Å². The number of rotatable bonds is 4. The lowest BCUT2D eigenvalue weighted by molar-refractivity contribution is -0.142. The maximum Gasteiger partial charge on any atom is 0.322 e. The lowest BCUT2D eigenvalue weighted by atomic mass is 10.1. The second kappa shape index (κ2) is 5.88. The van der Waals surface area contributed by atoms with Crippen LogP contribution in [0.4, 0.5) is 0 Å². The molecule has 2 rings (SSSR count). The Balaban J connectivity index is 2.32. The highest BCUT2D eigenvalue weighted by molar-refractivity contribution is 5.75. The molecule has 0 aromatic carbocycles. The molecule has 0 saturated heterocycles. The van der Waals surface area contributed by atoms with Crippen molar-refractivity contribution >= 4 is 5.97 Å². The van der Waals surface area contributed by atoms with Gasteiger partial charge in [-0.15, -0.1) is 0 Å². The summed E-state index contributed by atoms with van der Waals surface area (Å²) in [6.45, 7) is 4.03. The normalized spacial score (nSPS) is 12.2. The van der Waals surface area contributed by atoms with E-state index in [1.54, 1.807) is 6.20 Å². The molecule has 1 atom stereocenters. The molecule has 20 heavy (non-hydrogen) atoms. The number of hydrogen-bond acceptors (Lipinski definition) is 4. The Morgan fingerprint density at radius 1 is 1.50 bits per heavy atom. The van der Waals surface area contributed by atoms with E-state index in [0.29, 0.717) is 6.42 Å². The Bertz CT molecular complexity index is 605. The van der Waals surface area contributed by atoms with Crippen molar-refractivity contribution in [3.8, 4) is 5.69 Å². The number of ether oxygens (including phenoxy) is 1. The molecule has 2 aromatic heterocycles. The predicted molar refractivity (Wildman–Crippen MR) is 76.7 cm³/mol. The molecule has 0 radical (unpaired) electrons. The van der Waals surface area contributed by atoms with Crippen LogP contribution >= 0.6 is 0 Å². The molecule has 106 valence electrons. The number of aryl methyl sites for hydroxylation is 1. The number of methoxy groups -OCH3 is 1. The number of hydrogen-bond donors (Lipinski definition) is 1. The summed E-state index contributed by atoms with van der Waals surface area (Å²) in [5.41, 5.74) is 10.0. The summed E-state index contributed by atoms with van der Waals surface area (Å²) in [4.78, 5) is 15.6. The Morgan fingerprint density at radius 2 is 2.25 bits per heavy atom. The fraction of sp³-hybridized carbons (Fsp3) is 0.333. The highest BCUT2D eigenvalue weighted by Gasteiger charge is 2.18. The molecule has 0 aliphatic rings. The second-order valence-corrected chi connectivity index (χ2v) is 4.78. The van der Waals surface area contributed by atoms with Crippen molar-refractivity contribution < 1.29 is 9.53 Å². The summed E-state index contributed by atoms with van der Waals surface area (Å²) in [6, 6.07) is 5.30. The van der Waals surface area contributed by atoms with Crippen LogP contribution in [0.15, 0.2) is 30.6 Å². The summed E-state index contributed by atoms with van der Waals surface area (Å²) in [5.74, 6) is -0.392. The first kappa shape index (κ1) is 14.3. The van der Waals surface area contributed by atoms with Crippen molar-refractivity contribution in [2.45, 2.75) is 26.3 Å². The highest BCUT2D eigenvalue weighted by Crippen LogP contribution is 2.21. The van der Waals surface area contributed by atoms with Gasteiger partial charge < -0.3 is 15.0 Å². The summed E-state index contributed by atoms with van der Waals surface area (Å²) >= 11 is 0. The molecule has 2 aromatic rings. The van der Waals surface area contributed by atoms with Crippen LogP contribution in [0.2, 0.25) is 0 Å². The zero-order valence-electron chi connectivity index (χ0n) is 12.0. The topological polar surface area (TPSA) is 70.1 Å². The van der Waals surface area contributed by atoms with Crippen LogP contribution in [-0.2, 0) is 16.0 Å². The average Bonchev–Trinajstić information content (AvgIpc) is 2.73. The lowest BCUT2D eigenvalue weighted by Crippen LogP contribution is -2.33. The monoisotopic (exact) mass is 273 g/mol. The van der Waals surface area contributed by atoms with Crippen LogP contribution in [0.5, 0.6) is 0 Å². The third kappa shape index (κ3) is 2.72. The largest absolute Gasteiger partial charge is 0.468 e. The molecule has 2 heterocycles. The van der Waals surface area contributed by atoms with Crippen LogP contribution in [0.25, 0.3) is 5.69 Å². The van der Waals surface area contributed by atoms with Crippen LogP contribution in [0.1, 0.15) is 17.0 Å². The number of carbonyl (C=O) groups is 1. The van der Waals surface area contributed by atoms with Gasteiger partial charge in [0.1, 0.15) is 6.04 Å². The number of carbonyl (C=O) groups excluding carboxylic acids is 1. The maximum atomic E-state index is 11.4. The van der Waals surface area contributed by atoms with E-state index >= 15 is 0 Å². The number of nitrogens with zero attached hydrogens (tertiary/aromatic N) is 2. The Morgan fingerprint density at radius 3 is 2.85 bits per heavy atom. The van der Waals surface area contributed by atoms with E-state index in [1.807, 2.05) is 38.2 Å². The smallest absolute Gasteiger partial charge is 0.322 e. The number of esters is 1. The molecule has 0 spiro atoms. The van der Waals surface area contributed by atoms with Crippen LogP contribution in [0, 0.1) is 13.8 Å². The second-order valence-electron chi connectivity index (χ2n) is 4.78. The van der Waals surface area contributed by atoms with Crippen LogP contribution in [-0.4, -0.2) is 28.7 Å². The molecule has 2 N–H and O–H groups in total. The van der Waals surface area contributed by atoms with Gasteiger partial charge in [0.15, 0.2) is 0 Å². The van der Waals surface area contributed by atoms with Gasteiger partial charge in [-0.2, -0.15) is 0 Å². The van der Waals surface area contributed by atoms with E-state index in [4.69, 9.17) is 5.73 Å². The molecule has 0 aliphatic carbocycles. The van der Waals surface area contributed by atoms with Crippen molar-refractivity contribution in [2.24, 2.45) is 5.73 Å². The van der Waals surface area contributed by atoms with Crippen molar-refractivity contribution in [2.75, 3.05) is 7.11 Å². The first-order valence-corrected chi connectivity index (χ1v) is 6.46. The fourth-order valence-electron chi connectivity index (χ4n) is 2.39. The van der Waals surface area contributed by atoms with E-state index in [2.05, 4.69) is 14.3 Å². The molecule has 0 bridgehead atoms. The average molecular weight is 273 g/mol. The first-order chi connectivity index (χ1) is 9.54. The molecule has 0 saturated carbocycles. The van der Waals surface area contributed by atoms with E-state index in [1.165, 1.54) is 7.11 Å².